The van der Waals surface area contributed by atoms with E-state index < -0.39 is 11.6 Å². The van der Waals surface area contributed by atoms with Crippen LogP contribution in [0.1, 0.15) is 40.7 Å². The third-order valence-electron chi connectivity index (χ3n) is 4.23. The Labute approximate surface area is 134 Å². The maximum absolute atomic E-state index is 13.4. The number of rotatable bonds is 4. The minimum absolute atomic E-state index is 0.0496. The predicted molar refractivity (Wildman–Crippen MR) is 85.4 cm³/mol. The number of carbonyl (C=O) groups excluding carboxylic acids is 1. The van der Waals surface area contributed by atoms with E-state index in [9.17, 15) is 13.6 Å². The molecule has 3 rings (SSSR count). The minimum atomic E-state index is -0.734. The highest BCUT2D eigenvalue weighted by Gasteiger charge is 2.18. The second kappa shape index (κ2) is 7.01. The van der Waals surface area contributed by atoms with Crippen molar-refractivity contribution in [1.82, 2.24) is 4.90 Å². The van der Waals surface area contributed by atoms with Crippen LogP contribution in [0.2, 0.25) is 0 Å². The predicted octanol–water partition coefficient (Wildman–Crippen LogP) is 4.18. The zero-order chi connectivity index (χ0) is 16.2. The molecule has 1 fully saturated rings. The van der Waals surface area contributed by atoms with Crippen LogP contribution in [0.5, 0.6) is 0 Å². The highest BCUT2D eigenvalue weighted by molar-refractivity contribution is 6.09. The van der Waals surface area contributed by atoms with Crippen molar-refractivity contribution in [2.24, 2.45) is 0 Å². The number of ketones is 1. The summed E-state index contributed by atoms with van der Waals surface area (Å²) in [6.07, 6.45) is 3.59. The van der Waals surface area contributed by atoms with Crippen LogP contribution in [0.3, 0.4) is 0 Å². The summed E-state index contributed by atoms with van der Waals surface area (Å²) in [5, 5.41) is 0. The van der Waals surface area contributed by atoms with Crippen molar-refractivity contribution in [3.05, 3.63) is 70.8 Å². The molecule has 1 heterocycles. The SMILES string of the molecule is O=C(c1cc(F)cc(F)c1)c1ccccc1CN1CCCCC1. The van der Waals surface area contributed by atoms with E-state index in [1.54, 1.807) is 12.1 Å². The summed E-state index contributed by atoms with van der Waals surface area (Å²) in [5.41, 5.74) is 1.47. The number of nitrogens with zero attached hydrogens (tertiary/aromatic N) is 1. The monoisotopic (exact) mass is 315 g/mol. The van der Waals surface area contributed by atoms with Crippen LogP contribution in [0.15, 0.2) is 42.5 Å². The van der Waals surface area contributed by atoms with Gasteiger partial charge in [-0.2, -0.15) is 0 Å². The number of likely N-dealkylation sites (tertiary alicyclic amines) is 1. The zero-order valence-corrected chi connectivity index (χ0v) is 12.9. The minimum Gasteiger partial charge on any atom is -0.299 e. The Morgan fingerprint density at radius 2 is 1.61 bits per heavy atom. The molecule has 0 N–H and O–H groups in total. The molecular formula is C19H19F2NO. The molecule has 2 aromatic carbocycles. The Kier molecular flexibility index (Phi) is 4.82. The van der Waals surface area contributed by atoms with E-state index in [0.717, 1.165) is 36.9 Å². The van der Waals surface area contributed by atoms with Gasteiger partial charge in [-0.25, -0.2) is 8.78 Å². The molecule has 1 aliphatic rings. The van der Waals surface area contributed by atoms with E-state index in [-0.39, 0.29) is 11.3 Å². The number of piperidine rings is 1. The molecule has 2 nitrogen and oxygen atoms in total. The van der Waals surface area contributed by atoms with Crippen molar-refractivity contribution >= 4 is 5.78 Å². The van der Waals surface area contributed by atoms with Crippen molar-refractivity contribution in [2.75, 3.05) is 13.1 Å². The summed E-state index contributed by atoms with van der Waals surface area (Å²) in [6, 6.07) is 10.3. The molecule has 0 atom stereocenters. The largest absolute Gasteiger partial charge is 0.299 e. The topological polar surface area (TPSA) is 20.3 Å². The van der Waals surface area contributed by atoms with Gasteiger partial charge in [-0.05, 0) is 43.6 Å². The highest BCUT2D eigenvalue weighted by Crippen LogP contribution is 2.20. The first-order valence-corrected chi connectivity index (χ1v) is 7.94. The van der Waals surface area contributed by atoms with Gasteiger partial charge in [-0.15, -0.1) is 0 Å². The second-order valence-corrected chi connectivity index (χ2v) is 5.98. The Hall–Kier alpha value is -2.07. The Morgan fingerprint density at radius 1 is 0.957 bits per heavy atom. The summed E-state index contributed by atoms with van der Waals surface area (Å²) in [6.45, 7) is 2.74. The Bertz CT molecular complexity index is 688. The molecule has 23 heavy (non-hydrogen) atoms. The van der Waals surface area contributed by atoms with Crippen molar-refractivity contribution < 1.29 is 13.6 Å². The highest BCUT2D eigenvalue weighted by atomic mass is 19.1. The fourth-order valence-electron chi connectivity index (χ4n) is 3.08. The third kappa shape index (κ3) is 3.82. The lowest BCUT2D eigenvalue weighted by Crippen LogP contribution is -2.29. The van der Waals surface area contributed by atoms with E-state index >= 15 is 0 Å². The molecular weight excluding hydrogens is 296 g/mol. The fraction of sp³-hybridized carbons (Fsp3) is 0.316. The number of hydrogen-bond acceptors (Lipinski definition) is 2. The van der Waals surface area contributed by atoms with Crippen LogP contribution < -0.4 is 0 Å². The van der Waals surface area contributed by atoms with Crippen LogP contribution in [-0.4, -0.2) is 23.8 Å². The summed E-state index contributed by atoms with van der Waals surface area (Å²) >= 11 is 0. The smallest absolute Gasteiger partial charge is 0.193 e. The molecule has 0 aromatic heterocycles. The third-order valence-corrected chi connectivity index (χ3v) is 4.23. The molecule has 1 aliphatic heterocycles. The first kappa shape index (κ1) is 15.8. The maximum Gasteiger partial charge on any atom is 0.193 e. The molecule has 0 spiro atoms. The van der Waals surface area contributed by atoms with Gasteiger partial charge in [-0.1, -0.05) is 30.7 Å². The van der Waals surface area contributed by atoms with Gasteiger partial charge in [0.1, 0.15) is 11.6 Å². The van der Waals surface area contributed by atoms with E-state index in [1.165, 1.54) is 19.3 Å². The van der Waals surface area contributed by atoms with Gasteiger partial charge in [0.2, 0.25) is 0 Å². The van der Waals surface area contributed by atoms with Gasteiger partial charge < -0.3 is 0 Å². The quantitative estimate of drug-likeness (QED) is 0.789. The maximum atomic E-state index is 13.4. The molecule has 2 aromatic rings. The van der Waals surface area contributed by atoms with Gasteiger partial charge in [0.15, 0.2) is 5.78 Å². The van der Waals surface area contributed by atoms with Gasteiger partial charge in [0.25, 0.3) is 0 Å². The molecule has 0 unspecified atom stereocenters. The summed E-state index contributed by atoms with van der Waals surface area (Å²) in [4.78, 5) is 15.0. The molecule has 0 bridgehead atoms. The van der Waals surface area contributed by atoms with E-state index in [2.05, 4.69) is 4.90 Å². The van der Waals surface area contributed by atoms with Gasteiger partial charge in [0, 0.05) is 23.7 Å². The van der Waals surface area contributed by atoms with E-state index in [0.29, 0.717) is 12.1 Å². The van der Waals surface area contributed by atoms with Crippen molar-refractivity contribution in [3.63, 3.8) is 0 Å². The number of halogens is 2. The summed E-state index contributed by atoms with van der Waals surface area (Å²) in [7, 11) is 0. The summed E-state index contributed by atoms with van der Waals surface area (Å²) < 4.78 is 26.8. The molecule has 0 saturated carbocycles. The molecule has 0 aliphatic carbocycles. The van der Waals surface area contributed by atoms with Gasteiger partial charge in [-0.3, -0.25) is 9.69 Å². The summed E-state index contributed by atoms with van der Waals surface area (Å²) in [5.74, 6) is -1.81. The van der Waals surface area contributed by atoms with E-state index in [4.69, 9.17) is 0 Å². The van der Waals surface area contributed by atoms with Crippen LogP contribution in [0, 0.1) is 11.6 Å². The van der Waals surface area contributed by atoms with Crippen molar-refractivity contribution in [1.29, 1.82) is 0 Å². The van der Waals surface area contributed by atoms with Crippen molar-refractivity contribution in [3.8, 4) is 0 Å². The first-order valence-electron chi connectivity index (χ1n) is 7.94. The lowest BCUT2D eigenvalue weighted by Gasteiger charge is -2.27. The molecule has 1 saturated heterocycles. The second-order valence-electron chi connectivity index (χ2n) is 5.98. The zero-order valence-electron chi connectivity index (χ0n) is 12.9. The molecule has 120 valence electrons. The lowest BCUT2D eigenvalue weighted by molar-refractivity contribution is 0.103. The normalized spacial score (nSPS) is 15.6. The van der Waals surface area contributed by atoms with Crippen LogP contribution in [-0.2, 0) is 6.54 Å². The average molecular weight is 315 g/mol. The Morgan fingerprint density at radius 3 is 2.30 bits per heavy atom. The molecule has 0 radical (unpaired) electrons. The number of hydrogen-bond donors (Lipinski definition) is 0. The number of benzene rings is 2. The lowest BCUT2D eigenvalue weighted by atomic mass is 9.97. The average Bonchev–Trinajstić information content (AvgIpc) is 2.55. The first-order chi connectivity index (χ1) is 11.1. The van der Waals surface area contributed by atoms with Crippen molar-refractivity contribution in [2.45, 2.75) is 25.8 Å². The van der Waals surface area contributed by atoms with Gasteiger partial charge in [0.05, 0.1) is 0 Å². The van der Waals surface area contributed by atoms with Crippen LogP contribution in [0.4, 0.5) is 8.78 Å². The number of carbonyl (C=O) groups is 1. The van der Waals surface area contributed by atoms with Crippen LogP contribution >= 0.6 is 0 Å². The fourth-order valence-corrected chi connectivity index (χ4v) is 3.08. The standard InChI is InChI=1S/C19H19F2NO/c20-16-10-15(11-17(21)12-16)19(23)18-7-3-2-6-14(18)13-22-8-4-1-5-9-22/h2-3,6-7,10-12H,1,4-5,8-9,13H2. The molecule has 4 heteroatoms. The Balaban J connectivity index is 1.88. The van der Waals surface area contributed by atoms with E-state index in [1.807, 2.05) is 12.1 Å². The van der Waals surface area contributed by atoms with Crippen LogP contribution in [0.25, 0.3) is 0 Å². The molecule has 0 amide bonds. The van der Waals surface area contributed by atoms with Gasteiger partial charge >= 0.3 is 0 Å².